The number of amides is 2. The maximum Gasteiger partial charge on any atom is 0.490 e. The van der Waals surface area contributed by atoms with Gasteiger partial charge in [0.05, 0.1) is 6.04 Å². The summed E-state index contributed by atoms with van der Waals surface area (Å²) in [5.74, 6) is -5.78. The van der Waals surface area contributed by atoms with E-state index in [4.69, 9.17) is 42.5 Å². The second-order valence-electron chi connectivity index (χ2n) is 9.08. The molecule has 44 heavy (non-hydrogen) atoms. The maximum atomic E-state index is 12.6. The highest BCUT2D eigenvalue weighted by molar-refractivity contribution is 6.31. The minimum Gasteiger partial charge on any atom is -0.475 e. The summed E-state index contributed by atoms with van der Waals surface area (Å²) in [7, 11) is 0. The Morgan fingerprint density at radius 2 is 1.55 bits per heavy atom. The van der Waals surface area contributed by atoms with E-state index in [2.05, 4.69) is 28.1 Å². The van der Waals surface area contributed by atoms with Crippen LogP contribution in [-0.2, 0) is 25.7 Å². The molecule has 0 aliphatic carbocycles. The topological polar surface area (TPSA) is 195 Å². The van der Waals surface area contributed by atoms with E-state index in [0.29, 0.717) is 22.6 Å². The monoisotopic (exact) mass is 655 g/mol. The third-order valence-electron chi connectivity index (χ3n) is 5.77. The predicted molar refractivity (Wildman–Crippen MR) is 145 cm³/mol. The number of carbonyl (C=O) groups excluding carboxylic acids is 2. The summed E-state index contributed by atoms with van der Waals surface area (Å²) in [6, 6.07) is 14.1. The molecular weight excluding hydrogens is 628 g/mol. The number of carboxylic acid groups (broad SMARTS) is 2. The van der Waals surface area contributed by atoms with Crippen LogP contribution in [0.3, 0.4) is 0 Å². The molecule has 18 heteroatoms. The van der Waals surface area contributed by atoms with Crippen LogP contribution in [-0.4, -0.2) is 70.8 Å². The zero-order valence-corrected chi connectivity index (χ0v) is 23.5. The molecule has 8 N–H and O–H groups in total. The summed E-state index contributed by atoms with van der Waals surface area (Å²) in [4.78, 5) is 42.7. The van der Waals surface area contributed by atoms with Crippen LogP contribution in [0.5, 0.6) is 0 Å². The van der Waals surface area contributed by atoms with Crippen LogP contribution in [0.25, 0.3) is 0 Å². The fraction of sp³-hybridized carbons (Fsp3) is 0.346. The zero-order chi connectivity index (χ0) is 33.8. The Bertz CT molecular complexity index is 1300. The van der Waals surface area contributed by atoms with E-state index in [0.717, 1.165) is 6.54 Å². The zero-order valence-electron chi connectivity index (χ0n) is 22.7. The van der Waals surface area contributed by atoms with E-state index in [-0.39, 0.29) is 36.2 Å². The molecule has 0 bridgehead atoms. The molecule has 1 heterocycles. The summed E-state index contributed by atoms with van der Waals surface area (Å²) in [6.45, 7) is 2.60. The largest absolute Gasteiger partial charge is 0.490 e. The number of benzene rings is 2. The molecular formula is C26H28ClF6N5O6. The molecule has 1 aliphatic heterocycles. The van der Waals surface area contributed by atoms with Gasteiger partial charge in [0.1, 0.15) is 11.9 Å². The third kappa shape index (κ3) is 12.9. The molecule has 2 aromatic carbocycles. The second kappa shape index (κ2) is 16.5. The van der Waals surface area contributed by atoms with Crippen LogP contribution in [0.2, 0.25) is 5.02 Å². The molecule has 3 atom stereocenters. The fourth-order valence-corrected chi connectivity index (χ4v) is 3.74. The van der Waals surface area contributed by atoms with Crippen molar-refractivity contribution in [3.8, 4) is 0 Å². The quantitative estimate of drug-likeness (QED) is 0.134. The highest BCUT2D eigenvalue weighted by Gasteiger charge is 2.39. The first kappa shape index (κ1) is 37.6. The lowest BCUT2D eigenvalue weighted by atomic mass is 9.96. The number of amidine groups is 1. The summed E-state index contributed by atoms with van der Waals surface area (Å²) >= 11 is 6.19. The number of aliphatic carboxylic acids is 2. The Balaban J connectivity index is 0.000000574. The van der Waals surface area contributed by atoms with E-state index in [1.807, 2.05) is 18.2 Å². The molecule has 2 amide bonds. The molecule has 11 nitrogen and oxygen atoms in total. The molecule has 1 saturated heterocycles. The Hall–Kier alpha value is -4.38. The number of rotatable bonds is 7. The highest BCUT2D eigenvalue weighted by Crippen LogP contribution is 2.25. The van der Waals surface area contributed by atoms with Crippen molar-refractivity contribution < 1.29 is 55.7 Å². The van der Waals surface area contributed by atoms with Crippen molar-refractivity contribution in [2.24, 2.45) is 5.73 Å². The average Bonchev–Trinajstić information content (AvgIpc) is 3.43. The lowest BCUT2D eigenvalue weighted by Crippen LogP contribution is -2.49. The van der Waals surface area contributed by atoms with E-state index in [9.17, 15) is 35.9 Å². The third-order valence-corrected chi connectivity index (χ3v) is 6.12. The average molecular weight is 656 g/mol. The van der Waals surface area contributed by atoms with Gasteiger partial charge in [-0.1, -0.05) is 54.1 Å². The first-order chi connectivity index (χ1) is 20.2. The number of alkyl halides is 6. The lowest BCUT2D eigenvalue weighted by Gasteiger charge is -2.17. The molecule has 2 aromatic rings. The summed E-state index contributed by atoms with van der Waals surface area (Å²) < 4.78 is 63.5. The predicted octanol–water partition coefficient (Wildman–Crippen LogP) is 3.16. The van der Waals surface area contributed by atoms with E-state index < -0.39 is 30.3 Å². The molecule has 242 valence electrons. The van der Waals surface area contributed by atoms with Gasteiger partial charge in [0.2, 0.25) is 11.8 Å². The number of nitrogen functional groups attached to an aromatic ring is 1. The standard InChI is InChI=1S/C22H26ClN5O2.2C2HF3O2/c1-13(21(29)27-11-16-8-7-15(20(24)25)9-18(16)23)28-22(30)19-10-17(12-26-19)14-5-3-2-4-6-14;2*3-2(4,5)1(6)7/h2-9,13,17,19,26H,10-12H2,1H3,(H3,24,25)(H,27,29)(H,28,30);2*(H,6,7)/t13-,17-,19+;;/m0../s1. The van der Waals surface area contributed by atoms with Gasteiger partial charge >= 0.3 is 24.3 Å². The summed E-state index contributed by atoms with van der Waals surface area (Å²) in [5, 5.41) is 30.9. The van der Waals surface area contributed by atoms with Crippen LogP contribution in [0.15, 0.2) is 48.5 Å². The molecule has 0 aromatic heterocycles. The van der Waals surface area contributed by atoms with Gasteiger partial charge in [-0.05, 0) is 36.5 Å². The maximum absolute atomic E-state index is 12.6. The Morgan fingerprint density at radius 3 is 2.00 bits per heavy atom. The van der Waals surface area contributed by atoms with Gasteiger partial charge in [-0.2, -0.15) is 26.3 Å². The number of hydrogen-bond donors (Lipinski definition) is 7. The van der Waals surface area contributed by atoms with Gasteiger partial charge in [-0.3, -0.25) is 15.0 Å². The normalized spacial score (nSPS) is 16.6. The summed E-state index contributed by atoms with van der Waals surface area (Å²) in [5.41, 5.74) is 7.88. The number of carboxylic acids is 2. The number of nitrogens with two attached hydrogens (primary N) is 1. The molecule has 1 fully saturated rings. The van der Waals surface area contributed by atoms with Gasteiger partial charge in [0, 0.05) is 23.7 Å². The van der Waals surface area contributed by atoms with Crippen molar-refractivity contribution in [1.82, 2.24) is 16.0 Å². The van der Waals surface area contributed by atoms with Crippen LogP contribution < -0.4 is 21.7 Å². The second-order valence-corrected chi connectivity index (χ2v) is 9.49. The van der Waals surface area contributed by atoms with Gasteiger partial charge in [0.25, 0.3) is 0 Å². The van der Waals surface area contributed by atoms with Crippen molar-refractivity contribution in [2.45, 2.75) is 50.2 Å². The van der Waals surface area contributed by atoms with Crippen LogP contribution in [0.1, 0.15) is 36.0 Å². The van der Waals surface area contributed by atoms with Gasteiger partial charge in [0.15, 0.2) is 0 Å². The van der Waals surface area contributed by atoms with Gasteiger partial charge in [-0.25, -0.2) is 9.59 Å². The SMILES string of the molecule is C[C@H](NC(=O)[C@H]1C[C@H](c2ccccc2)CN1)C(=O)NCc1ccc(C(=N)N)cc1Cl.O=C(O)C(F)(F)F.O=C(O)C(F)(F)F. The first-order valence-electron chi connectivity index (χ1n) is 12.3. The number of halogens is 7. The molecule has 3 rings (SSSR count). The molecule has 1 aliphatic rings. The molecule has 0 spiro atoms. The van der Waals surface area contributed by atoms with Crippen molar-refractivity contribution >= 4 is 41.2 Å². The Morgan fingerprint density at radius 1 is 1.02 bits per heavy atom. The van der Waals surface area contributed by atoms with Crippen LogP contribution in [0.4, 0.5) is 26.3 Å². The fourth-order valence-electron chi connectivity index (χ4n) is 3.49. The van der Waals surface area contributed by atoms with E-state index in [1.165, 1.54) is 5.56 Å². The van der Waals surface area contributed by atoms with Crippen LogP contribution in [0, 0.1) is 5.41 Å². The Labute approximate surface area is 251 Å². The molecule has 0 saturated carbocycles. The van der Waals surface area contributed by atoms with Crippen molar-refractivity contribution in [2.75, 3.05) is 6.54 Å². The number of nitrogens with one attached hydrogen (secondary N) is 4. The molecule has 0 unspecified atom stereocenters. The Kier molecular flexibility index (Phi) is 14.1. The van der Waals surface area contributed by atoms with Crippen LogP contribution >= 0.6 is 11.6 Å². The smallest absolute Gasteiger partial charge is 0.475 e. The van der Waals surface area contributed by atoms with Gasteiger partial charge in [-0.15, -0.1) is 0 Å². The number of hydrogen-bond acceptors (Lipinski definition) is 6. The van der Waals surface area contributed by atoms with Crippen molar-refractivity contribution in [1.29, 1.82) is 5.41 Å². The van der Waals surface area contributed by atoms with Crippen molar-refractivity contribution in [3.05, 3.63) is 70.2 Å². The van der Waals surface area contributed by atoms with Gasteiger partial charge < -0.3 is 31.9 Å². The number of carbonyl (C=O) groups is 4. The minimum atomic E-state index is -5.08. The van der Waals surface area contributed by atoms with E-state index >= 15 is 0 Å². The molecule has 0 radical (unpaired) electrons. The van der Waals surface area contributed by atoms with Crippen molar-refractivity contribution in [3.63, 3.8) is 0 Å². The summed E-state index contributed by atoms with van der Waals surface area (Å²) in [6.07, 6.45) is -9.47. The van der Waals surface area contributed by atoms with E-state index in [1.54, 1.807) is 25.1 Å². The first-order valence-corrected chi connectivity index (χ1v) is 12.7. The minimum absolute atomic E-state index is 0.0705. The lowest BCUT2D eigenvalue weighted by molar-refractivity contribution is -0.193. The highest BCUT2D eigenvalue weighted by atomic mass is 35.5.